The number of carboxylic acids is 3. The Balaban J connectivity index is 2.46. The third kappa shape index (κ3) is 21.3. The van der Waals surface area contributed by atoms with Gasteiger partial charge in [0, 0.05) is 44.0 Å². The minimum atomic E-state index is -1.54. The van der Waals surface area contributed by atoms with Gasteiger partial charge in [-0.05, 0) is 65.9 Å². The predicted octanol–water partition coefficient (Wildman–Crippen LogP) is 1.88. The van der Waals surface area contributed by atoms with Gasteiger partial charge in [0.1, 0.15) is 18.1 Å². The average molecular weight is 784 g/mol. The van der Waals surface area contributed by atoms with Crippen molar-refractivity contribution in [3.05, 3.63) is 35.9 Å². The number of urea groups is 1. The number of amides is 5. The van der Waals surface area contributed by atoms with Crippen molar-refractivity contribution >= 4 is 54.3 Å². The molecular formula is C36H57N5O12S. The van der Waals surface area contributed by atoms with E-state index in [-0.39, 0.29) is 50.3 Å². The number of carbonyl (C=O) groups excluding carboxylic acids is 4. The minimum Gasteiger partial charge on any atom is -0.481 e. The molecule has 0 aliphatic carbocycles. The van der Waals surface area contributed by atoms with Gasteiger partial charge >= 0.3 is 23.9 Å². The lowest BCUT2D eigenvalue weighted by Crippen LogP contribution is -2.51. The Morgan fingerprint density at radius 1 is 0.704 bits per heavy atom. The van der Waals surface area contributed by atoms with E-state index in [0.717, 1.165) is 5.56 Å². The molecule has 54 heavy (non-hydrogen) atoms. The van der Waals surface area contributed by atoms with Crippen molar-refractivity contribution in [3.8, 4) is 0 Å². The zero-order chi connectivity index (χ0) is 40.9. The van der Waals surface area contributed by atoms with Crippen LogP contribution in [0.3, 0.4) is 0 Å². The summed E-state index contributed by atoms with van der Waals surface area (Å²) in [6.07, 6.45) is -0.100. The van der Waals surface area contributed by atoms with E-state index >= 15 is 0 Å². The molecule has 1 rings (SSSR count). The third-order valence-electron chi connectivity index (χ3n) is 8.18. The molecule has 5 amide bonds. The van der Waals surface area contributed by atoms with Gasteiger partial charge in [-0.15, -0.1) is 0 Å². The topological polar surface area (TPSA) is 259 Å². The maximum absolute atomic E-state index is 12.9. The quantitative estimate of drug-likeness (QED) is 0.0458. The number of ether oxygens (including phenoxy) is 2. The Morgan fingerprint density at radius 3 is 1.81 bits per heavy atom. The van der Waals surface area contributed by atoms with Crippen molar-refractivity contribution in [2.24, 2.45) is 0 Å². The van der Waals surface area contributed by atoms with Gasteiger partial charge in [0.15, 0.2) is 0 Å². The van der Waals surface area contributed by atoms with Crippen molar-refractivity contribution in [1.29, 1.82) is 0 Å². The summed E-state index contributed by atoms with van der Waals surface area (Å²) in [6, 6.07) is 4.35. The fourth-order valence-corrected chi connectivity index (χ4v) is 4.96. The van der Waals surface area contributed by atoms with Crippen LogP contribution in [0.2, 0.25) is 0 Å². The Morgan fingerprint density at radius 2 is 1.26 bits per heavy atom. The van der Waals surface area contributed by atoms with E-state index in [2.05, 4.69) is 33.9 Å². The first-order valence-electron chi connectivity index (χ1n) is 17.8. The largest absolute Gasteiger partial charge is 0.481 e. The predicted molar refractivity (Wildman–Crippen MR) is 201 cm³/mol. The van der Waals surface area contributed by atoms with Crippen LogP contribution < -0.4 is 26.6 Å². The Hall–Kier alpha value is -4.42. The SMILES string of the molecule is C[C@H](CS)NC(=O)[C@H](Cc1ccccc1)NC(=O)CCC(C)(C)OCCC(C)(C)OCCNC(=O)CC[C@H](NC(=O)N[C@@H](CCC(=O)O)C(=O)O)C(=O)O. The molecule has 0 bridgehead atoms. The summed E-state index contributed by atoms with van der Waals surface area (Å²) in [6.45, 7) is 9.88. The van der Waals surface area contributed by atoms with Gasteiger partial charge in [0.25, 0.3) is 0 Å². The first kappa shape index (κ1) is 47.6. The first-order chi connectivity index (χ1) is 25.2. The van der Waals surface area contributed by atoms with Gasteiger partial charge in [0.05, 0.1) is 24.4 Å². The summed E-state index contributed by atoms with van der Waals surface area (Å²) in [5.41, 5.74) is -0.369. The lowest BCUT2D eigenvalue weighted by Gasteiger charge is -2.30. The molecule has 0 saturated heterocycles. The fraction of sp³-hybridized carbons (Fsp3) is 0.639. The maximum atomic E-state index is 12.9. The van der Waals surface area contributed by atoms with Crippen LogP contribution in [0, 0.1) is 0 Å². The van der Waals surface area contributed by atoms with Crippen molar-refractivity contribution in [1.82, 2.24) is 26.6 Å². The lowest BCUT2D eigenvalue weighted by molar-refractivity contribution is -0.141. The van der Waals surface area contributed by atoms with Gasteiger partial charge in [-0.1, -0.05) is 30.3 Å². The summed E-state index contributed by atoms with van der Waals surface area (Å²) in [7, 11) is 0. The molecule has 0 spiro atoms. The summed E-state index contributed by atoms with van der Waals surface area (Å²) in [5.74, 6) is -4.77. The molecule has 1 aromatic carbocycles. The van der Waals surface area contributed by atoms with Crippen molar-refractivity contribution in [2.75, 3.05) is 25.5 Å². The molecule has 0 fully saturated rings. The number of hydrogen-bond donors (Lipinski definition) is 9. The van der Waals surface area contributed by atoms with Crippen LogP contribution in [0.15, 0.2) is 30.3 Å². The van der Waals surface area contributed by atoms with Crippen molar-refractivity contribution in [3.63, 3.8) is 0 Å². The van der Waals surface area contributed by atoms with Crippen LogP contribution in [0.1, 0.15) is 85.1 Å². The van der Waals surface area contributed by atoms with Crippen LogP contribution in [0.25, 0.3) is 0 Å². The molecule has 0 aliphatic rings. The summed E-state index contributed by atoms with van der Waals surface area (Å²) >= 11 is 4.22. The van der Waals surface area contributed by atoms with E-state index in [1.165, 1.54) is 0 Å². The molecule has 0 aromatic heterocycles. The molecule has 4 atom stereocenters. The number of carbonyl (C=O) groups is 7. The monoisotopic (exact) mass is 783 g/mol. The molecule has 1 aromatic rings. The fourth-order valence-electron chi connectivity index (χ4n) is 4.87. The van der Waals surface area contributed by atoms with E-state index in [0.29, 0.717) is 31.6 Å². The zero-order valence-electron chi connectivity index (χ0n) is 31.6. The second-order valence-electron chi connectivity index (χ2n) is 14.1. The molecule has 18 heteroatoms. The van der Waals surface area contributed by atoms with Gasteiger partial charge < -0.3 is 51.4 Å². The Labute approximate surface area is 321 Å². The van der Waals surface area contributed by atoms with Gasteiger partial charge in [-0.2, -0.15) is 12.6 Å². The second-order valence-corrected chi connectivity index (χ2v) is 14.5. The highest BCUT2D eigenvalue weighted by Crippen LogP contribution is 2.21. The van der Waals surface area contributed by atoms with E-state index in [1.54, 1.807) is 0 Å². The smallest absolute Gasteiger partial charge is 0.326 e. The van der Waals surface area contributed by atoms with E-state index in [4.69, 9.17) is 19.7 Å². The summed E-state index contributed by atoms with van der Waals surface area (Å²) in [4.78, 5) is 83.9. The molecular weight excluding hydrogens is 726 g/mol. The highest BCUT2D eigenvalue weighted by molar-refractivity contribution is 7.80. The normalized spacial score (nSPS) is 13.7. The molecule has 0 saturated carbocycles. The van der Waals surface area contributed by atoms with E-state index in [9.17, 15) is 38.7 Å². The van der Waals surface area contributed by atoms with Crippen molar-refractivity contribution in [2.45, 2.75) is 121 Å². The summed E-state index contributed by atoms with van der Waals surface area (Å²) in [5, 5.41) is 39.8. The molecule has 0 unspecified atom stereocenters. The number of carboxylic acid groups (broad SMARTS) is 3. The van der Waals surface area contributed by atoms with E-state index in [1.807, 2.05) is 70.3 Å². The number of nitrogens with one attached hydrogen (secondary N) is 5. The minimum absolute atomic E-state index is 0.121. The highest BCUT2D eigenvalue weighted by Gasteiger charge is 2.28. The van der Waals surface area contributed by atoms with E-state index < -0.39 is 72.0 Å². The zero-order valence-corrected chi connectivity index (χ0v) is 32.5. The van der Waals surface area contributed by atoms with Crippen LogP contribution in [0.4, 0.5) is 4.79 Å². The number of hydrogen-bond acceptors (Lipinski definition) is 10. The number of thiol groups is 1. The molecule has 17 nitrogen and oxygen atoms in total. The maximum Gasteiger partial charge on any atom is 0.326 e. The van der Waals surface area contributed by atoms with Crippen molar-refractivity contribution < 1.29 is 58.4 Å². The standard InChI is InChI=1S/C36H57N5O12S/c1-23(22-54)38-31(46)27(21-24-9-7-6-8-10-24)39-29(43)15-16-35(2,3)52-19-17-36(4,5)53-20-18-37-28(42)13-11-25(32(47)48)40-34(51)41-26(33(49)50)12-14-30(44)45/h6-10,23,25-27,54H,11-22H2,1-5H3,(H,37,42)(H,38,46)(H,39,43)(H,44,45)(H,47,48)(H,49,50)(H2,40,41,51)/t23-,25+,26+,27+/m1/s1. The molecule has 0 aliphatic heterocycles. The van der Waals surface area contributed by atoms with Gasteiger partial charge in [-0.25, -0.2) is 14.4 Å². The Kier molecular flexibility index (Phi) is 21.2. The Bertz CT molecular complexity index is 1400. The van der Waals surface area contributed by atoms with Crippen LogP contribution in [-0.2, 0) is 44.7 Å². The molecule has 0 heterocycles. The highest BCUT2D eigenvalue weighted by atomic mass is 32.1. The van der Waals surface area contributed by atoms with Gasteiger partial charge in [-0.3, -0.25) is 19.2 Å². The average Bonchev–Trinajstić information content (AvgIpc) is 3.09. The van der Waals surface area contributed by atoms with Crippen LogP contribution in [-0.4, -0.2) is 118 Å². The first-order valence-corrected chi connectivity index (χ1v) is 18.4. The molecule has 8 N–H and O–H groups in total. The number of benzene rings is 1. The second kappa shape index (κ2) is 24.1. The molecule has 304 valence electrons. The third-order valence-corrected chi connectivity index (χ3v) is 8.73. The molecule has 0 radical (unpaired) electrons. The number of rotatable bonds is 27. The summed E-state index contributed by atoms with van der Waals surface area (Å²) < 4.78 is 12.0. The number of aliphatic carboxylic acids is 3. The van der Waals surface area contributed by atoms with Crippen LogP contribution >= 0.6 is 12.6 Å². The van der Waals surface area contributed by atoms with Gasteiger partial charge in [0.2, 0.25) is 17.7 Å². The lowest BCUT2D eigenvalue weighted by atomic mass is 10.0. The van der Waals surface area contributed by atoms with Crippen LogP contribution in [0.5, 0.6) is 0 Å².